The van der Waals surface area contributed by atoms with Gasteiger partial charge >= 0.3 is 0 Å². The molecule has 0 amide bonds. The lowest BCUT2D eigenvalue weighted by atomic mass is 9.49. The Morgan fingerprint density at radius 2 is 1.97 bits per heavy atom. The maximum absolute atomic E-state index is 10.5. The van der Waals surface area contributed by atoms with Crippen molar-refractivity contribution in [3.63, 3.8) is 0 Å². The predicted molar refractivity (Wildman–Crippen MR) is 123 cm³/mol. The third kappa shape index (κ3) is 3.11. The van der Waals surface area contributed by atoms with Gasteiger partial charge in [-0.15, -0.1) is 0 Å². The Balaban J connectivity index is 1.49. The van der Waals surface area contributed by atoms with E-state index < -0.39 is 0 Å². The Bertz CT molecular complexity index is 927. The van der Waals surface area contributed by atoms with Gasteiger partial charge in [-0.1, -0.05) is 26.8 Å². The van der Waals surface area contributed by atoms with Crippen LogP contribution in [0.3, 0.4) is 0 Å². The van der Waals surface area contributed by atoms with Crippen molar-refractivity contribution in [2.45, 2.75) is 59.3 Å². The molecule has 0 bridgehead atoms. The number of aromatic nitrogens is 3. The lowest BCUT2D eigenvalue weighted by Gasteiger charge is -2.56. The molecule has 5 nitrogen and oxygen atoms in total. The average Bonchev–Trinajstić information content (AvgIpc) is 3.32. The standard InChI is InChI=1S/C26H38N4O/c1-17-7-8-21-20(14-27)22(9-10-25(17,21)2)26(3)13-18-15-29-30(23(18)12-19(26)16-31)24-6-4-5-11-28-24/h4-6,11,15,17,19-22,31H,7-10,12-14,16,27H2,1-3H3/t17-,19+,20-,21-,22-,25+,26-/m0/s1. The molecule has 168 valence electrons. The van der Waals surface area contributed by atoms with Gasteiger partial charge in [0.15, 0.2) is 5.82 Å². The molecule has 3 aliphatic rings. The van der Waals surface area contributed by atoms with Crippen molar-refractivity contribution in [3.05, 3.63) is 41.9 Å². The van der Waals surface area contributed by atoms with E-state index in [2.05, 4.69) is 25.8 Å². The van der Waals surface area contributed by atoms with Crippen LogP contribution in [0.25, 0.3) is 5.82 Å². The summed E-state index contributed by atoms with van der Waals surface area (Å²) < 4.78 is 1.98. The number of hydrogen-bond donors (Lipinski definition) is 2. The summed E-state index contributed by atoms with van der Waals surface area (Å²) in [6.45, 7) is 8.39. The highest BCUT2D eigenvalue weighted by Gasteiger charge is 2.57. The van der Waals surface area contributed by atoms with Gasteiger partial charge in [0.25, 0.3) is 0 Å². The van der Waals surface area contributed by atoms with Gasteiger partial charge in [0.1, 0.15) is 0 Å². The van der Waals surface area contributed by atoms with Gasteiger partial charge < -0.3 is 10.8 Å². The van der Waals surface area contributed by atoms with E-state index in [9.17, 15) is 5.11 Å². The molecule has 0 unspecified atom stereocenters. The first-order chi connectivity index (χ1) is 14.9. The van der Waals surface area contributed by atoms with Crippen LogP contribution in [-0.2, 0) is 12.8 Å². The molecule has 7 atom stereocenters. The molecule has 0 aromatic carbocycles. The summed E-state index contributed by atoms with van der Waals surface area (Å²) in [5.41, 5.74) is 9.52. The van der Waals surface area contributed by atoms with Crippen LogP contribution in [-0.4, -0.2) is 33.0 Å². The minimum Gasteiger partial charge on any atom is -0.396 e. The van der Waals surface area contributed by atoms with E-state index in [1.54, 1.807) is 0 Å². The van der Waals surface area contributed by atoms with Crippen LogP contribution in [0.4, 0.5) is 0 Å². The third-order valence-corrected chi connectivity index (χ3v) is 10.0. The molecule has 3 aliphatic carbocycles. The van der Waals surface area contributed by atoms with Crippen LogP contribution in [0.5, 0.6) is 0 Å². The first-order valence-electron chi connectivity index (χ1n) is 12.2. The second kappa shape index (κ2) is 7.70. The minimum atomic E-state index is 0.0525. The normalized spacial score (nSPS) is 39.8. The van der Waals surface area contributed by atoms with Gasteiger partial charge in [-0.25, -0.2) is 9.67 Å². The summed E-state index contributed by atoms with van der Waals surface area (Å²) in [4.78, 5) is 4.50. The number of aliphatic hydroxyl groups excluding tert-OH is 1. The molecule has 0 radical (unpaired) electrons. The second-order valence-corrected chi connectivity index (χ2v) is 11.1. The molecule has 2 aromatic heterocycles. The van der Waals surface area contributed by atoms with Gasteiger partial charge in [0.05, 0.1) is 6.20 Å². The molecule has 2 aromatic rings. The highest BCUT2D eigenvalue weighted by molar-refractivity contribution is 5.33. The number of pyridine rings is 1. The molecular weight excluding hydrogens is 384 g/mol. The molecular formula is C26H38N4O. The molecule has 3 N–H and O–H groups in total. The Morgan fingerprint density at radius 3 is 2.68 bits per heavy atom. The van der Waals surface area contributed by atoms with Crippen LogP contribution in [0.2, 0.25) is 0 Å². The number of fused-ring (bicyclic) bond motifs is 2. The predicted octanol–water partition coefficient (Wildman–Crippen LogP) is 4.02. The number of nitrogens with zero attached hydrogens (tertiary/aromatic N) is 3. The van der Waals surface area contributed by atoms with Crippen molar-refractivity contribution in [2.24, 2.45) is 46.2 Å². The van der Waals surface area contributed by atoms with Crippen LogP contribution < -0.4 is 5.73 Å². The van der Waals surface area contributed by atoms with Gasteiger partial charge in [-0.2, -0.15) is 5.10 Å². The van der Waals surface area contributed by atoms with Gasteiger partial charge in [-0.05, 0) is 103 Å². The topological polar surface area (TPSA) is 77.0 Å². The summed E-state index contributed by atoms with van der Waals surface area (Å²) in [5.74, 6) is 3.71. The molecule has 5 heteroatoms. The zero-order chi connectivity index (χ0) is 21.8. The van der Waals surface area contributed by atoms with Gasteiger partial charge in [-0.3, -0.25) is 0 Å². The van der Waals surface area contributed by atoms with Crippen molar-refractivity contribution in [1.29, 1.82) is 0 Å². The van der Waals surface area contributed by atoms with E-state index in [4.69, 9.17) is 10.8 Å². The zero-order valence-corrected chi connectivity index (χ0v) is 19.3. The first-order valence-corrected chi connectivity index (χ1v) is 12.2. The molecule has 0 aliphatic heterocycles. The average molecular weight is 423 g/mol. The molecule has 5 rings (SSSR count). The summed E-state index contributed by atoms with van der Waals surface area (Å²) in [6, 6.07) is 5.93. The highest BCUT2D eigenvalue weighted by Crippen LogP contribution is 2.63. The molecule has 31 heavy (non-hydrogen) atoms. The minimum absolute atomic E-state index is 0.0525. The highest BCUT2D eigenvalue weighted by atomic mass is 16.3. The summed E-state index contributed by atoms with van der Waals surface area (Å²) in [6.07, 6.45) is 10.9. The smallest absolute Gasteiger partial charge is 0.153 e. The van der Waals surface area contributed by atoms with E-state index in [1.165, 1.54) is 36.9 Å². The van der Waals surface area contributed by atoms with Crippen LogP contribution in [0.15, 0.2) is 30.6 Å². The van der Waals surface area contributed by atoms with Gasteiger partial charge in [0, 0.05) is 18.5 Å². The van der Waals surface area contributed by atoms with Crippen LogP contribution >= 0.6 is 0 Å². The summed E-state index contributed by atoms with van der Waals surface area (Å²) in [7, 11) is 0. The zero-order valence-electron chi connectivity index (χ0n) is 19.3. The molecule has 2 saturated carbocycles. The van der Waals surface area contributed by atoms with E-state index in [0.29, 0.717) is 17.3 Å². The maximum atomic E-state index is 10.5. The van der Waals surface area contributed by atoms with E-state index in [1.807, 2.05) is 35.3 Å². The number of rotatable bonds is 4. The SMILES string of the molecule is C[C@H]1CC[C@H]2[C@H](CN)[C@@H]([C@@]3(C)Cc4cnn(-c5ccccn5)c4C[C@@H]3CO)CC[C@]12C. The third-order valence-electron chi connectivity index (χ3n) is 10.0. The molecule has 2 heterocycles. The number of aliphatic hydroxyl groups is 1. The van der Waals surface area contributed by atoms with Crippen molar-refractivity contribution in [2.75, 3.05) is 13.2 Å². The van der Waals surface area contributed by atoms with Crippen molar-refractivity contribution in [3.8, 4) is 5.82 Å². The first kappa shape index (κ1) is 21.1. The fourth-order valence-corrected chi connectivity index (χ4v) is 7.88. The Morgan fingerprint density at radius 1 is 1.16 bits per heavy atom. The summed E-state index contributed by atoms with van der Waals surface area (Å²) in [5, 5.41) is 15.3. The Hall–Kier alpha value is -1.72. The van der Waals surface area contributed by atoms with Crippen molar-refractivity contribution < 1.29 is 5.11 Å². The fourth-order valence-electron chi connectivity index (χ4n) is 7.88. The van der Waals surface area contributed by atoms with Gasteiger partial charge in [0.2, 0.25) is 0 Å². The van der Waals surface area contributed by atoms with E-state index >= 15 is 0 Å². The van der Waals surface area contributed by atoms with Crippen molar-refractivity contribution in [1.82, 2.24) is 14.8 Å². The molecule has 2 fully saturated rings. The van der Waals surface area contributed by atoms with Crippen molar-refractivity contribution >= 4 is 0 Å². The number of hydrogen-bond acceptors (Lipinski definition) is 4. The lowest BCUT2D eigenvalue weighted by Crippen LogP contribution is -2.53. The largest absolute Gasteiger partial charge is 0.396 e. The Kier molecular flexibility index (Phi) is 5.25. The monoisotopic (exact) mass is 422 g/mol. The summed E-state index contributed by atoms with van der Waals surface area (Å²) >= 11 is 0. The van der Waals surface area contributed by atoms with E-state index in [0.717, 1.165) is 37.0 Å². The lowest BCUT2D eigenvalue weighted by molar-refractivity contribution is -0.0691. The fraction of sp³-hybridized carbons (Fsp3) is 0.692. The van der Waals surface area contributed by atoms with Crippen LogP contribution in [0, 0.1) is 40.4 Å². The molecule has 0 saturated heterocycles. The van der Waals surface area contributed by atoms with Crippen LogP contribution in [0.1, 0.15) is 57.7 Å². The molecule has 0 spiro atoms. The number of nitrogens with two attached hydrogens (primary N) is 1. The quantitative estimate of drug-likeness (QED) is 0.780. The second-order valence-electron chi connectivity index (χ2n) is 11.1. The van der Waals surface area contributed by atoms with E-state index in [-0.39, 0.29) is 17.9 Å². The maximum Gasteiger partial charge on any atom is 0.153 e. The Labute approximate surface area is 186 Å².